The maximum absolute atomic E-state index is 13.8. The first-order valence-corrected chi connectivity index (χ1v) is 21.7. The van der Waals surface area contributed by atoms with E-state index in [1.54, 1.807) is 22.7 Å². The number of rotatable bonds is 2. The Morgan fingerprint density at radius 2 is 0.750 bits per heavy atom. The highest BCUT2D eigenvalue weighted by molar-refractivity contribution is 7.16. The average molecular weight is 765 g/mol. The van der Waals surface area contributed by atoms with Gasteiger partial charge in [-0.25, -0.2) is 0 Å². The predicted molar refractivity (Wildman–Crippen MR) is 226 cm³/mol. The molecule has 0 unspecified atom stereocenters. The van der Waals surface area contributed by atoms with Crippen molar-refractivity contribution in [2.45, 2.75) is 75.0 Å². The maximum atomic E-state index is 13.8. The van der Waals surface area contributed by atoms with E-state index >= 15 is 0 Å². The zero-order valence-corrected chi connectivity index (χ0v) is 32.4. The molecule has 6 heteroatoms. The molecular weight excluding hydrogens is 729 g/mol. The molecule has 2 saturated carbocycles. The van der Waals surface area contributed by atoms with E-state index in [4.69, 9.17) is 0 Å². The highest BCUT2D eigenvalue weighted by Crippen LogP contribution is 2.71. The molecule has 0 bridgehead atoms. The van der Waals surface area contributed by atoms with Crippen LogP contribution < -0.4 is 0 Å². The molecule has 0 amide bonds. The van der Waals surface area contributed by atoms with Crippen molar-refractivity contribution < 1.29 is 19.2 Å². The highest BCUT2D eigenvalue weighted by atomic mass is 32.1. The Bertz CT molecular complexity index is 2630. The molecule has 6 aliphatic carbocycles. The first-order valence-electron chi connectivity index (χ1n) is 20.1. The van der Waals surface area contributed by atoms with Gasteiger partial charge in [-0.2, -0.15) is 0 Å². The van der Waals surface area contributed by atoms with Gasteiger partial charge in [0.05, 0.1) is 11.1 Å². The van der Waals surface area contributed by atoms with Crippen LogP contribution in [-0.2, 0) is 10.8 Å². The Hall–Kier alpha value is -5.30. The lowest BCUT2D eigenvalue weighted by atomic mass is 9.67. The molecule has 56 heavy (non-hydrogen) atoms. The zero-order chi connectivity index (χ0) is 37.5. The second-order valence-electron chi connectivity index (χ2n) is 16.7. The van der Waals surface area contributed by atoms with Crippen molar-refractivity contribution >= 4 is 90.6 Å². The van der Waals surface area contributed by atoms with E-state index in [9.17, 15) is 19.2 Å². The van der Waals surface area contributed by atoms with Crippen LogP contribution in [0.15, 0.2) is 96.1 Å². The molecule has 2 aromatic heterocycles. The van der Waals surface area contributed by atoms with Crippen LogP contribution in [0.2, 0.25) is 0 Å². The van der Waals surface area contributed by atoms with E-state index in [0.717, 1.165) is 82.7 Å². The Kier molecular flexibility index (Phi) is 6.83. The molecule has 272 valence electrons. The third-order valence-electron chi connectivity index (χ3n) is 13.9. The number of ketones is 4. The van der Waals surface area contributed by atoms with Crippen molar-refractivity contribution in [2.75, 3.05) is 0 Å². The van der Waals surface area contributed by atoms with Crippen molar-refractivity contribution in [1.82, 2.24) is 0 Å². The Morgan fingerprint density at radius 1 is 0.429 bits per heavy atom. The van der Waals surface area contributed by atoms with Gasteiger partial charge >= 0.3 is 0 Å². The molecule has 2 fully saturated rings. The van der Waals surface area contributed by atoms with Crippen molar-refractivity contribution in [3.63, 3.8) is 0 Å². The number of allylic oxidation sites excluding steroid dienone is 4. The quantitative estimate of drug-likeness (QED) is 0.130. The Labute approximate surface area is 332 Å². The standard InChI is InChI=1S/C50H36O4S2/c51-43-33-19-27-11-3-4-12-28(27)20-34(33)44(52)37(43)23-31-25-39-47(55-31)42-41(49(39)15-7-1-8-16-49)48-40(50(42)17-9-2-10-18-50)26-32(56-48)24-38-45(53)35-21-29-13-5-6-14-30(29)22-36(35)46(38)54/h3-6,11-14,19-26H,1-2,7-10,15-18H2. The number of Topliss-reactive ketones (excluding diaryl/α,β-unsaturated/α-hetero) is 4. The summed E-state index contributed by atoms with van der Waals surface area (Å²) in [6.45, 7) is 0. The number of carbonyl (C=O) groups excluding carboxylic acids is 4. The van der Waals surface area contributed by atoms with Crippen LogP contribution in [0.1, 0.15) is 136 Å². The molecule has 4 aromatic carbocycles. The van der Waals surface area contributed by atoms with Gasteiger partial charge in [-0.05, 0) is 118 Å². The predicted octanol–water partition coefficient (Wildman–Crippen LogP) is 12.4. The molecule has 6 aliphatic rings. The Morgan fingerprint density at radius 3 is 1.07 bits per heavy atom. The van der Waals surface area contributed by atoms with Crippen LogP contribution in [0.3, 0.4) is 0 Å². The van der Waals surface area contributed by atoms with Gasteiger partial charge in [0, 0.05) is 52.6 Å². The summed E-state index contributed by atoms with van der Waals surface area (Å²) >= 11 is 3.54. The molecule has 4 nitrogen and oxygen atoms in total. The molecule has 0 N–H and O–H groups in total. The second-order valence-corrected chi connectivity index (χ2v) is 18.9. The van der Waals surface area contributed by atoms with E-state index in [0.29, 0.717) is 22.3 Å². The molecule has 0 radical (unpaired) electrons. The fourth-order valence-electron chi connectivity index (χ4n) is 11.4. The lowest BCUT2D eigenvalue weighted by molar-refractivity contribution is 0.0975. The summed E-state index contributed by atoms with van der Waals surface area (Å²) in [4.78, 5) is 60.0. The third-order valence-corrected chi connectivity index (χ3v) is 16.1. The minimum Gasteiger partial charge on any atom is -0.288 e. The monoisotopic (exact) mass is 764 g/mol. The first kappa shape index (κ1) is 32.9. The topological polar surface area (TPSA) is 68.3 Å². The van der Waals surface area contributed by atoms with Crippen molar-refractivity contribution in [3.8, 4) is 0 Å². The van der Waals surface area contributed by atoms with Gasteiger partial charge in [-0.3, -0.25) is 19.2 Å². The second kappa shape index (κ2) is 11.6. The minimum atomic E-state index is -0.180. The fraction of sp³-hybridized carbons (Fsp3) is 0.240. The maximum Gasteiger partial charge on any atom is 0.197 e. The van der Waals surface area contributed by atoms with Crippen LogP contribution in [0, 0.1) is 0 Å². The van der Waals surface area contributed by atoms with Crippen LogP contribution in [-0.4, -0.2) is 23.1 Å². The molecule has 0 aliphatic heterocycles. The number of fused-ring (bicyclic) bond motifs is 12. The van der Waals surface area contributed by atoms with Crippen molar-refractivity contribution in [1.29, 1.82) is 0 Å². The molecule has 2 heterocycles. The third kappa shape index (κ3) is 4.29. The summed E-state index contributed by atoms with van der Waals surface area (Å²) in [6.07, 6.45) is 15.1. The van der Waals surface area contributed by atoms with Crippen LogP contribution in [0.4, 0.5) is 0 Å². The minimum absolute atomic E-state index is 0.124. The summed E-state index contributed by atoms with van der Waals surface area (Å²) < 4.78 is 0. The van der Waals surface area contributed by atoms with Crippen molar-refractivity contribution in [2.24, 2.45) is 0 Å². The van der Waals surface area contributed by atoms with E-state index < -0.39 is 0 Å². The number of benzene rings is 4. The molecule has 6 aromatic rings. The van der Waals surface area contributed by atoms with Gasteiger partial charge in [0.25, 0.3) is 0 Å². The lowest BCUT2D eigenvalue weighted by Gasteiger charge is -2.37. The summed E-state index contributed by atoms with van der Waals surface area (Å²) in [5, 5.41) is 3.86. The van der Waals surface area contributed by atoms with Gasteiger partial charge in [0.15, 0.2) is 23.1 Å². The summed E-state index contributed by atoms with van der Waals surface area (Å²) in [5.41, 5.74) is 8.05. The fourth-order valence-corrected chi connectivity index (χ4v) is 14.1. The van der Waals surface area contributed by atoms with Crippen LogP contribution >= 0.6 is 22.7 Å². The molecule has 0 saturated heterocycles. The van der Waals surface area contributed by atoms with E-state index in [-0.39, 0.29) is 45.1 Å². The Balaban J connectivity index is 0.984. The van der Waals surface area contributed by atoms with Crippen LogP contribution in [0.25, 0.3) is 44.8 Å². The number of thiophene rings is 2. The molecule has 12 rings (SSSR count). The summed E-state index contributed by atoms with van der Waals surface area (Å²) in [7, 11) is 0. The van der Waals surface area contributed by atoms with Gasteiger partial charge in [0.2, 0.25) is 0 Å². The lowest BCUT2D eigenvalue weighted by Crippen LogP contribution is -2.28. The van der Waals surface area contributed by atoms with E-state index in [1.807, 2.05) is 84.9 Å². The molecule has 2 spiro atoms. The summed E-state index contributed by atoms with van der Waals surface area (Å²) in [6, 6.07) is 27.9. The van der Waals surface area contributed by atoms with Crippen molar-refractivity contribution in [3.05, 3.63) is 149 Å². The van der Waals surface area contributed by atoms with Gasteiger partial charge in [0.1, 0.15) is 0 Å². The van der Waals surface area contributed by atoms with E-state index in [2.05, 4.69) is 12.1 Å². The average Bonchev–Trinajstić information content (AvgIpc) is 4.04. The summed E-state index contributed by atoms with van der Waals surface area (Å²) in [5.74, 6) is -0.720. The van der Waals surface area contributed by atoms with Crippen LogP contribution in [0.5, 0.6) is 0 Å². The van der Waals surface area contributed by atoms with E-state index in [1.165, 1.54) is 44.9 Å². The van der Waals surface area contributed by atoms with Gasteiger partial charge in [-0.15, -0.1) is 22.7 Å². The number of hydrogen-bond donors (Lipinski definition) is 0. The molecular formula is C50H36O4S2. The first-order chi connectivity index (χ1) is 27.3. The largest absolute Gasteiger partial charge is 0.288 e. The SMILES string of the molecule is O=C1C(=Cc2cc3c(s2)C2=C(c4sc(C=C5C(=O)c6cc7ccccc7cc6C5=O)cc4C24CCCCC4)C32CCCCC2)C(=O)c2cc3ccccc3cc21. The normalized spacial score (nSPS) is 20.1. The zero-order valence-electron chi connectivity index (χ0n) is 30.8. The number of carbonyl (C=O) groups is 4. The van der Waals surface area contributed by atoms with Gasteiger partial charge < -0.3 is 0 Å². The molecule has 0 atom stereocenters. The number of hydrogen-bond acceptors (Lipinski definition) is 6. The highest BCUT2D eigenvalue weighted by Gasteiger charge is 2.58. The smallest absolute Gasteiger partial charge is 0.197 e. The van der Waals surface area contributed by atoms with Gasteiger partial charge in [-0.1, -0.05) is 87.1 Å².